The highest BCUT2D eigenvalue weighted by Gasteiger charge is 2.51. The Morgan fingerprint density at radius 1 is 0.935 bits per heavy atom. The highest BCUT2D eigenvalue weighted by molar-refractivity contribution is 6.62. The van der Waals surface area contributed by atoms with Crippen LogP contribution in [0.5, 0.6) is 0 Å². The molecule has 168 valence electrons. The average Bonchev–Trinajstić information content (AvgIpc) is 2.93. The van der Waals surface area contributed by atoms with Crippen molar-refractivity contribution in [2.75, 3.05) is 31.6 Å². The Bertz CT molecular complexity index is 861. The maximum absolute atomic E-state index is 14.6. The molecule has 2 heterocycles. The summed E-state index contributed by atoms with van der Waals surface area (Å²) in [5.74, 6) is 0.185. The molecule has 0 aliphatic carbocycles. The summed E-state index contributed by atoms with van der Waals surface area (Å²) in [7, 11) is 1.62. The Morgan fingerprint density at radius 3 is 1.90 bits per heavy atom. The van der Waals surface area contributed by atoms with Crippen molar-refractivity contribution in [2.24, 2.45) is 0 Å². The lowest BCUT2D eigenvalue weighted by Gasteiger charge is -2.32. The topological polar surface area (TPSA) is 73.7 Å². The van der Waals surface area contributed by atoms with E-state index in [-0.39, 0.29) is 5.82 Å². The minimum Gasteiger partial charge on any atom is -0.399 e. The third-order valence-electron chi connectivity index (χ3n) is 6.70. The second-order valence-electron chi connectivity index (χ2n) is 9.58. The molecule has 2 aliphatic rings. The summed E-state index contributed by atoms with van der Waals surface area (Å²) >= 11 is 0. The molecule has 2 fully saturated rings. The lowest BCUT2D eigenvalue weighted by Crippen LogP contribution is -2.41. The van der Waals surface area contributed by atoms with Crippen LogP contribution >= 0.6 is 0 Å². The van der Waals surface area contributed by atoms with E-state index in [1.54, 1.807) is 18.2 Å². The van der Waals surface area contributed by atoms with E-state index < -0.39 is 18.3 Å². The van der Waals surface area contributed by atoms with E-state index in [1.165, 1.54) is 0 Å². The van der Waals surface area contributed by atoms with Gasteiger partial charge in [-0.15, -0.1) is 0 Å². The molecule has 0 bridgehead atoms. The van der Waals surface area contributed by atoms with Crippen molar-refractivity contribution in [1.29, 1.82) is 0 Å². The molecular weight excluding hydrogens is 392 g/mol. The number of piperidine rings is 1. The van der Waals surface area contributed by atoms with Gasteiger partial charge in [-0.25, -0.2) is 4.39 Å². The Morgan fingerprint density at radius 2 is 1.45 bits per heavy atom. The first kappa shape index (κ1) is 23.6. The van der Waals surface area contributed by atoms with E-state index >= 15 is 0 Å². The van der Waals surface area contributed by atoms with Gasteiger partial charge in [-0.1, -0.05) is 24.3 Å². The summed E-state index contributed by atoms with van der Waals surface area (Å²) in [5.41, 5.74) is 12.9. The van der Waals surface area contributed by atoms with Crippen molar-refractivity contribution in [3.8, 4) is 0 Å². The number of rotatable bonds is 2. The average molecular weight is 427 g/mol. The van der Waals surface area contributed by atoms with Crippen molar-refractivity contribution in [2.45, 2.75) is 57.7 Å². The largest absolute Gasteiger partial charge is 0.494 e. The van der Waals surface area contributed by atoms with Gasteiger partial charge in [-0.3, -0.25) is 0 Å². The highest BCUT2D eigenvalue weighted by Crippen LogP contribution is 2.37. The van der Waals surface area contributed by atoms with Gasteiger partial charge in [0.1, 0.15) is 5.82 Å². The molecule has 31 heavy (non-hydrogen) atoms. The second-order valence-corrected chi connectivity index (χ2v) is 9.58. The molecule has 5 nitrogen and oxygen atoms in total. The molecule has 0 aromatic heterocycles. The van der Waals surface area contributed by atoms with Gasteiger partial charge in [0.2, 0.25) is 0 Å². The molecule has 0 atom stereocenters. The number of para-hydroxylation sites is 2. The van der Waals surface area contributed by atoms with Crippen LogP contribution in [0.25, 0.3) is 0 Å². The first-order chi connectivity index (χ1) is 14.5. The SMILES string of the molecule is CN1CCC(c2ccc(B3OC(C)(C)C(C)(C)O3)cc2F)CC1.Nc1ccccc1N. The number of likely N-dealkylation sites (tertiary alicyclic amines) is 1. The van der Waals surface area contributed by atoms with Crippen molar-refractivity contribution >= 4 is 24.0 Å². The van der Waals surface area contributed by atoms with E-state index in [1.807, 2.05) is 52.0 Å². The number of anilines is 2. The van der Waals surface area contributed by atoms with Gasteiger partial charge in [-0.05, 0) is 95.8 Å². The molecule has 4 rings (SSSR count). The summed E-state index contributed by atoms with van der Waals surface area (Å²) in [6.07, 6.45) is 2.03. The van der Waals surface area contributed by atoms with Gasteiger partial charge in [-0.2, -0.15) is 0 Å². The summed E-state index contributed by atoms with van der Waals surface area (Å²) < 4.78 is 26.7. The summed E-state index contributed by atoms with van der Waals surface area (Å²) in [6.45, 7) is 10.1. The number of benzene rings is 2. The van der Waals surface area contributed by atoms with Crippen molar-refractivity contribution < 1.29 is 13.7 Å². The van der Waals surface area contributed by atoms with Gasteiger partial charge in [0.25, 0.3) is 0 Å². The van der Waals surface area contributed by atoms with Crippen LogP contribution in [0, 0.1) is 5.82 Å². The molecule has 0 radical (unpaired) electrons. The Balaban J connectivity index is 0.000000287. The highest BCUT2D eigenvalue weighted by atomic mass is 19.1. The van der Waals surface area contributed by atoms with Crippen LogP contribution in [0.3, 0.4) is 0 Å². The fourth-order valence-electron chi connectivity index (χ4n) is 3.83. The third kappa shape index (κ3) is 5.40. The van der Waals surface area contributed by atoms with Gasteiger partial charge < -0.3 is 25.7 Å². The predicted molar refractivity (Wildman–Crippen MR) is 127 cm³/mol. The summed E-state index contributed by atoms with van der Waals surface area (Å²) in [5, 5.41) is 0. The molecule has 0 unspecified atom stereocenters. The van der Waals surface area contributed by atoms with Crippen molar-refractivity contribution in [3.05, 3.63) is 53.8 Å². The zero-order valence-corrected chi connectivity index (χ0v) is 19.3. The van der Waals surface area contributed by atoms with E-state index in [2.05, 4.69) is 11.9 Å². The first-order valence-electron chi connectivity index (χ1n) is 10.9. The van der Waals surface area contributed by atoms with Crippen LogP contribution in [-0.2, 0) is 9.31 Å². The van der Waals surface area contributed by atoms with Crippen LogP contribution in [0.4, 0.5) is 15.8 Å². The van der Waals surface area contributed by atoms with E-state index in [9.17, 15) is 4.39 Å². The van der Waals surface area contributed by atoms with E-state index in [4.69, 9.17) is 20.8 Å². The molecule has 0 amide bonds. The minimum atomic E-state index is -0.499. The van der Waals surface area contributed by atoms with Gasteiger partial charge in [0.05, 0.1) is 22.6 Å². The van der Waals surface area contributed by atoms with Crippen LogP contribution in [0.15, 0.2) is 42.5 Å². The lowest BCUT2D eigenvalue weighted by molar-refractivity contribution is 0.00578. The monoisotopic (exact) mass is 427 g/mol. The Kier molecular flexibility index (Phi) is 6.99. The Hall–Kier alpha value is -2.09. The summed E-state index contributed by atoms with van der Waals surface area (Å²) in [4.78, 5) is 2.30. The zero-order chi connectivity index (χ0) is 22.8. The van der Waals surface area contributed by atoms with Gasteiger partial charge >= 0.3 is 7.12 Å². The molecule has 2 aromatic carbocycles. The molecular formula is C24H35BFN3O2. The molecule has 2 aromatic rings. The molecule has 0 spiro atoms. The number of hydrogen-bond acceptors (Lipinski definition) is 5. The number of nitrogen functional groups attached to an aromatic ring is 2. The van der Waals surface area contributed by atoms with Crippen LogP contribution in [0.2, 0.25) is 0 Å². The van der Waals surface area contributed by atoms with Crippen LogP contribution in [0.1, 0.15) is 52.0 Å². The summed E-state index contributed by atoms with van der Waals surface area (Å²) in [6, 6.07) is 12.7. The standard InChI is InChI=1S/C18H27BFNO2.C6H8N2/c1-17(2)18(3,4)23-19(22-17)14-6-7-15(16(20)12-14)13-8-10-21(5)11-9-13;7-5-3-1-2-4-6(5)8/h6-7,12-13H,8-11H2,1-5H3;1-4H,7-8H2. The maximum atomic E-state index is 14.6. The maximum Gasteiger partial charge on any atom is 0.494 e. The minimum absolute atomic E-state index is 0.133. The van der Waals surface area contributed by atoms with Crippen molar-refractivity contribution in [1.82, 2.24) is 4.90 Å². The molecule has 4 N–H and O–H groups in total. The molecule has 2 saturated heterocycles. The second kappa shape index (κ2) is 9.19. The number of nitrogens with two attached hydrogens (primary N) is 2. The van der Waals surface area contributed by atoms with Crippen molar-refractivity contribution in [3.63, 3.8) is 0 Å². The third-order valence-corrected chi connectivity index (χ3v) is 6.70. The predicted octanol–water partition coefficient (Wildman–Crippen LogP) is 3.79. The van der Waals surface area contributed by atoms with Crippen LogP contribution < -0.4 is 16.9 Å². The van der Waals surface area contributed by atoms with Gasteiger partial charge in [0.15, 0.2) is 0 Å². The number of nitrogens with zero attached hydrogens (tertiary/aromatic N) is 1. The molecule has 2 aliphatic heterocycles. The van der Waals surface area contributed by atoms with Crippen LogP contribution in [-0.4, -0.2) is 43.4 Å². The number of hydrogen-bond donors (Lipinski definition) is 2. The molecule has 7 heteroatoms. The normalized spacial score (nSPS) is 20.9. The quantitative estimate of drug-likeness (QED) is 0.564. The molecule has 0 saturated carbocycles. The smallest absolute Gasteiger partial charge is 0.399 e. The first-order valence-corrected chi connectivity index (χ1v) is 10.9. The Labute approximate surface area is 186 Å². The number of halogens is 1. The zero-order valence-electron chi connectivity index (χ0n) is 19.3. The van der Waals surface area contributed by atoms with Gasteiger partial charge in [0, 0.05) is 0 Å². The van der Waals surface area contributed by atoms with E-state index in [0.29, 0.717) is 17.3 Å². The fraction of sp³-hybridized carbons (Fsp3) is 0.500. The van der Waals surface area contributed by atoms with E-state index in [0.717, 1.165) is 37.0 Å². The lowest BCUT2D eigenvalue weighted by atomic mass is 9.77. The fourth-order valence-corrected chi connectivity index (χ4v) is 3.83.